The monoisotopic (exact) mass is 402 g/mol. The molecule has 0 saturated carbocycles. The van der Waals surface area contributed by atoms with Gasteiger partial charge in [-0.3, -0.25) is 9.69 Å². The van der Waals surface area contributed by atoms with Crippen molar-refractivity contribution in [3.8, 4) is 0 Å². The fourth-order valence-electron chi connectivity index (χ4n) is 2.78. The van der Waals surface area contributed by atoms with Gasteiger partial charge in [0.2, 0.25) is 0 Å². The lowest BCUT2D eigenvalue weighted by Gasteiger charge is -2.18. The van der Waals surface area contributed by atoms with E-state index in [1.165, 1.54) is 23.2 Å². The van der Waals surface area contributed by atoms with Crippen LogP contribution in [-0.4, -0.2) is 27.0 Å². The van der Waals surface area contributed by atoms with Gasteiger partial charge in [-0.25, -0.2) is 9.97 Å². The maximum atomic E-state index is 12.9. The number of furan rings is 1. The molecular weight excluding hydrogens is 384 g/mol. The normalized spacial score (nSPS) is 10.7. The Balaban J connectivity index is 0.00000210. The topological polar surface area (TPSA) is 64.2 Å². The number of halogens is 1. The van der Waals surface area contributed by atoms with Crippen molar-refractivity contribution in [2.75, 3.05) is 11.4 Å². The number of nitrogens with zero attached hydrogens (tertiary/aromatic N) is 4. The third-order valence-electron chi connectivity index (χ3n) is 4.10. The fraction of sp³-hybridized carbons (Fsp3) is 0.211. The van der Waals surface area contributed by atoms with Crippen LogP contribution in [0.2, 0.25) is 0 Å². The summed E-state index contributed by atoms with van der Waals surface area (Å²) in [5, 5.41) is 0.692. The van der Waals surface area contributed by atoms with Gasteiger partial charge in [0.15, 0.2) is 10.9 Å². The summed E-state index contributed by atoms with van der Waals surface area (Å²) in [5.74, 6) is 0.152. The number of anilines is 1. The Morgan fingerprint density at radius 1 is 1.33 bits per heavy atom. The van der Waals surface area contributed by atoms with Crippen molar-refractivity contribution in [2.45, 2.75) is 19.9 Å². The number of carbonyl (C=O) groups is 1. The molecule has 0 fully saturated rings. The molecule has 27 heavy (non-hydrogen) atoms. The minimum Gasteiger partial charge on any atom is -0.459 e. The second kappa shape index (κ2) is 8.37. The van der Waals surface area contributed by atoms with Gasteiger partial charge < -0.3 is 8.98 Å². The third kappa shape index (κ3) is 4.20. The summed E-state index contributed by atoms with van der Waals surface area (Å²) in [6, 6.07) is 9.52. The van der Waals surface area contributed by atoms with E-state index in [0.29, 0.717) is 17.4 Å². The van der Waals surface area contributed by atoms with Crippen molar-refractivity contribution in [3.63, 3.8) is 0 Å². The highest BCUT2D eigenvalue weighted by Gasteiger charge is 2.23. The maximum absolute atomic E-state index is 12.9. The van der Waals surface area contributed by atoms with Crippen molar-refractivity contribution in [3.05, 3.63) is 66.6 Å². The number of amides is 1. The van der Waals surface area contributed by atoms with E-state index in [0.717, 1.165) is 23.2 Å². The lowest BCUT2D eigenvalue weighted by atomic mass is 10.2. The molecule has 0 atom stereocenters. The van der Waals surface area contributed by atoms with Gasteiger partial charge in [-0.05, 0) is 43.2 Å². The van der Waals surface area contributed by atoms with E-state index >= 15 is 0 Å². The van der Waals surface area contributed by atoms with E-state index in [4.69, 9.17) is 4.42 Å². The van der Waals surface area contributed by atoms with Crippen LogP contribution in [0.25, 0.3) is 10.2 Å². The average Bonchev–Trinajstić information content (AvgIpc) is 3.38. The molecule has 0 unspecified atom stereocenters. The third-order valence-corrected chi connectivity index (χ3v) is 5.14. The summed E-state index contributed by atoms with van der Waals surface area (Å²) in [5.41, 5.74) is 2.08. The number of thiazole rings is 1. The number of aromatic nitrogens is 3. The van der Waals surface area contributed by atoms with E-state index in [1.807, 2.05) is 22.9 Å². The van der Waals surface area contributed by atoms with E-state index in [-0.39, 0.29) is 18.3 Å². The molecule has 140 valence electrons. The lowest BCUT2D eigenvalue weighted by molar-refractivity contribution is 0.0959. The van der Waals surface area contributed by atoms with Gasteiger partial charge >= 0.3 is 0 Å². The van der Waals surface area contributed by atoms with Crippen LogP contribution in [-0.2, 0) is 6.54 Å². The highest BCUT2D eigenvalue weighted by atomic mass is 35.5. The molecule has 0 spiro atoms. The van der Waals surface area contributed by atoms with Crippen molar-refractivity contribution < 1.29 is 9.21 Å². The molecule has 0 N–H and O–H groups in total. The van der Waals surface area contributed by atoms with Crippen LogP contribution in [0.4, 0.5) is 5.13 Å². The molecule has 0 aliphatic heterocycles. The number of fused-ring (bicyclic) bond motifs is 1. The molecule has 4 aromatic rings. The van der Waals surface area contributed by atoms with Gasteiger partial charge in [-0.2, -0.15) is 0 Å². The van der Waals surface area contributed by atoms with Crippen LogP contribution in [0.1, 0.15) is 22.5 Å². The molecule has 6 nitrogen and oxygen atoms in total. The van der Waals surface area contributed by atoms with Crippen LogP contribution >= 0.6 is 23.7 Å². The van der Waals surface area contributed by atoms with Gasteiger partial charge in [0.05, 0.1) is 22.8 Å². The predicted octanol–water partition coefficient (Wildman–Crippen LogP) is 4.55. The Bertz CT molecular complexity index is 1010. The minimum absolute atomic E-state index is 0. The largest absolute Gasteiger partial charge is 0.459 e. The molecule has 0 bridgehead atoms. The molecule has 0 saturated heterocycles. The molecule has 0 radical (unpaired) electrons. The zero-order chi connectivity index (χ0) is 17.9. The van der Waals surface area contributed by atoms with Gasteiger partial charge in [0, 0.05) is 25.5 Å². The van der Waals surface area contributed by atoms with Gasteiger partial charge in [0.1, 0.15) is 0 Å². The standard InChI is InChI=1S/C19H18N4O2S.ClH/c1-14-5-6-15-17(12-14)26-19(21-15)23(18(24)16-4-2-11-25-16)9-3-8-22-10-7-20-13-22;/h2,4-7,10-13H,3,8-9H2,1H3;1H. The van der Waals surface area contributed by atoms with Crippen molar-refractivity contribution in [2.24, 2.45) is 0 Å². The number of hydrogen-bond acceptors (Lipinski definition) is 5. The number of benzene rings is 1. The summed E-state index contributed by atoms with van der Waals surface area (Å²) in [4.78, 5) is 23.3. The predicted molar refractivity (Wildman–Crippen MR) is 109 cm³/mol. The molecule has 8 heteroatoms. The number of imidazole rings is 1. The maximum Gasteiger partial charge on any atom is 0.295 e. The first-order chi connectivity index (χ1) is 12.7. The minimum atomic E-state index is -0.170. The van der Waals surface area contributed by atoms with E-state index < -0.39 is 0 Å². The van der Waals surface area contributed by atoms with Crippen molar-refractivity contribution in [1.29, 1.82) is 0 Å². The van der Waals surface area contributed by atoms with Crippen molar-refractivity contribution >= 4 is 45.0 Å². The Morgan fingerprint density at radius 3 is 2.96 bits per heavy atom. The summed E-state index contributed by atoms with van der Waals surface area (Å²) < 4.78 is 8.39. The smallest absolute Gasteiger partial charge is 0.295 e. The SMILES string of the molecule is Cc1ccc2nc(N(CCCn3ccnc3)C(=O)c3ccco3)sc2c1.Cl. The quantitative estimate of drug-likeness (QED) is 0.474. The molecule has 3 heterocycles. The average molecular weight is 403 g/mol. The van der Waals surface area contributed by atoms with E-state index in [1.54, 1.807) is 29.6 Å². The summed E-state index contributed by atoms with van der Waals surface area (Å²) >= 11 is 1.53. The first kappa shape index (κ1) is 19.1. The highest BCUT2D eigenvalue weighted by Crippen LogP contribution is 2.30. The lowest BCUT2D eigenvalue weighted by Crippen LogP contribution is -2.32. The zero-order valence-corrected chi connectivity index (χ0v) is 16.4. The van der Waals surface area contributed by atoms with Crippen LogP contribution in [0, 0.1) is 6.92 Å². The Labute approximate surface area is 166 Å². The molecule has 0 aliphatic rings. The van der Waals surface area contributed by atoms with Crippen molar-refractivity contribution in [1.82, 2.24) is 14.5 Å². The van der Waals surface area contributed by atoms with Crippen LogP contribution in [0.5, 0.6) is 0 Å². The molecule has 1 aromatic carbocycles. The van der Waals surface area contributed by atoms with Crippen LogP contribution in [0.15, 0.2) is 59.7 Å². The Hall–Kier alpha value is -2.64. The van der Waals surface area contributed by atoms with E-state index in [2.05, 4.69) is 23.0 Å². The first-order valence-electron chi connectivity index (χ1n) is 8.39. The molecule has 4 rings (SSSR count). The van der Waals surface area contributed by atoms with Gasteiger partial charge in [-0.1, -0.05) is 17.4 Å². The Morgan fingerprint density at radius 2 is 2.22 bits per heavy atom. The highest BCUT2D eigenvalue weighted by molar-refractivity contribution is 7.22. The molecular formula is C19H19ClN4O2S. The van der Waals surface area contributed by atoms with Crippen LogP contribution < -0.4 is 4.90 Å². The summed E-state index contributed by atoms with van der Waals surface area (Å²) in [7, 11) is 0. The van der Waals surface area contributed by atoms with Crippen LogP contribution in [0.3, 0.4) is 0 Å². The number of rotatable bonds is 6. The van der Waals surface area contributed by atoms with Gasteiger partial charge in [-0.15, -0.1) is 12.4 Å². The number of hydrogen-bond donors (Lipinski definition) is 0. The summed E-state index contributed by atoms with van der Waals surface area (Å²) in [6.07, 6.45) is 7.75. The first-order valence-corrected chi connectivity index (χ1v) is 9.21. The molecule has 0 aliphatic carbocycles. The molecule has 3 aromatic heterocycles. The number of carbonyl (C=O) groups excluding carboxylic acids is 1. The second-order valence-electron chi connectivity index (χ2n) is 6.06. The van der Waals surface area contributed by atoms with Gasteiger partial charge in [0.25, 0.3) is 5.91 Å². The Kier molecular flexibility index (Phi) is 5.93. The van der Waals surface area contributed by atoms with E-state index in [9.17, 15) is 4.79 Å². The second-order valence-corrected chi connectivity index (χ2v) is 7.06. The molecule has 1 amide bonds. The summed E-state index contributed by atoms with van der Waals surface area (Å²) in [6.45, 7) is 3.39. The fourth-order valence-corrected chi connectivity index (χ4v) is 3.87. The number of aryl methyl sites for hydroxylation is 2. The zero-order valence-electron chi connectivity index (χ0n) is 14.7.